The number of aromatic amines is 1. The number of fused-ring (bicyclic) bond motifs is 1. The summed E-state index contributed by atoms with van der Waals surface area (Å²) >= 11 is 8.78. The summed E-state index contributed by atoms with van der Waals surface area (Å²) in [6.45, 7) is 1.81. The number of H-pyrrole nitrogens is 1. The summed E-state index contributed by atoms with van der Waals surface area (Å²) in [5.74, 6) is 0.347. The highest BCUT2D eigenvalue weighted by Gasteiger charge is 2.21. The zero-order valence-corrected chi connectivity index (χ0v) is 22.2. The Bertz CT molecular complexity index is 1360. The lowest BCUT2D eigenvalue weighted by Crippen LogP contribution is -2.00. The van der Waals surface area contributed by atoms with E-state index in [0.717, 1.165) is 51.3 Å². The lowest BCUT2D eigenvalue weighted by molar-refractivity contribution is -0.110. The summed E-state index contributed by atoms with van der Waals surface area (Å²) in [6, 6.07) is 22.1. The number of imidazole rings is 1. The third-order valence-corrected chi connectivity index (χ3v) is 9.31. The van der Waals surface area contributed by atoms with Crippen LogP contribution in [0.3, 0.4) is 0 Å². The van der Waals surface area contributed by atoms with E-state index in [1.807, 2.05) is 42.5 Å². The van der Waals surface area contributed by atoms with Gasteiger partial charge in [-0.1, -0.05) is 96.6 Å². The Kier molecular flexibility index (Phi) is 8.76. The van der Waals surface area contributed by atoms with Crippen LogP contribution < -0.4 is 0 Å². The van der Waals surface area contributed by atoms with Crippen LogP contribution in [-0.2, 0) is 13.9 Å². The van der Waals surface area contributed by atoms with Crippen molar-refractivity contribution in [3.8, 4) is 22.3 Å². The van der Waals surface area contributed by atoms with Gasteiger partial charge in [0.15, 0.2) is 10.3 Å². The van der Waals surface area contributed by atoms with Gasteiger partial charge in [0.05, 0.1) is 22.7 Å². The molecule has 1 aromatic heterocycles. The van der Waals surface area contributed by atoms with E-state index in [9.17, 15) is 14.3 Å². The molecule has 10 heteroatoms. The van der Waals surface area contributed by atoms with E-state index < -0.39 is 7.60 Å². The highest BCUT2D eigenvalue weighted by Crippen LogP contribution is 2.47. The van der Waals surface area contributed by atoms with Crippen LogP contribution in [0.5, 0.6) is 0 Å². The number of thioether (sulfide) groups is 2. The smallest absolute Gasteiger partial charge is 0.333 e. The van der Waals surface area contributed by atoms with Gasteiger partial charge in [-0.05, 0) is 28.8 Å². The second-order valence-electron chi connectivity index (χ2n) is 7.65. The average molecular weight is 547 g/mol. The molecule has 1 unspecified atom stereocenters. The van der Waals surface area contributed by atoms with Gasteiger partial charge in [-0.3, -0.25) is 9.36 Å². The third kappa shape index (κ3) is 7.00. The number of hydrogen-bond acceptors (Lipinski definition) is 6. The minimum Gasteiger partial charge on any atom is -0.333 e. The molecular weight excluding hydrogens is 523 g/mol. The number of aromatic nitrogens is 2. The second kappa shape index (κ2) is 11.8. The van der Waals surface area contributed by atoms with E-state index in [-0.39, 0.29) is 17.2 Å². The Hall–Kier alpha value is -2.06. The van der Waals surface area contributed by atoms with Gasteiger partial charge in [-0.15, -0.1) is 0 Å². The van der Waals surface area contributed by atoms with Crippen LogP contribution >= 0.6 is 42.7 Å². The monoisotopic (exact) mass is 546 g/mol. The number of halogens is 1. The highest BCUT2D eigenvalue weighted by atomic mass is 35.5. The van der Waals surface area contributed by atoms with Crippen LogP contribution in [-0.4, -0.2) is 37.8 Å². The topological polar surface area (TPSA) is 92.3 Å². The molecule has 0 amide bonds. The molecule has 0 bridgehead atoms. The van der Waals surface area contributed by atoms with Crippen LogP contribution in [0.1, 0.15) is 13.3 Å². The molecule has 6 nitrogen and oxygen atoms in total. The first-order chi connectivity index (χ1) is 16.8. The van der Waals surface area contributed by atoms with Crippen molar-refractivity contribution in [1.82, 2.24) is 9.97 Å². The fourth-order valence-corrected chi connectivity index (χ4v) is 6.54. The van der Waals surface area contributed by atoms with Crippen molar-refractivity contribution in [2.75, 3.05) is 17.9 Å². The zero-order valence-electron chi connectivity index (χ0n) is 18.9. The number of rotatable bonds is 10. The number of carbonyl (C=O) groups is 1. The number of carbonyl (C=O) groups excluding carboxylic acids is 1. The molecule has 35 heavy (non-hydrogen) atoms. The molecule has 0 saturated carbocycles. The van der Waals surface area contributed by atoms with Crippen molar-refractivity contribution < 1.29 is 18.8 Å². The van der Waals surface area contributed by atoms with Gasteiger partial charge in [0.1, 0.15) is 5.49 Å². The maximum atomic E-state index is 12.3. The van der Waals surface area contributed by atoms with Crippen molar-refractivity contribution in [3.63, 3.8) is 0 Å². The first kappa shape index (κ1) is 26.0. The van der Waals surface area contributed by atoms with Crippen LogP contribution in [0.25, 0.3) is 33.3 Å². The number of hydrogen-bond donors (Lipinski definition) is 2. The van der Waals surface area contributed by atoms with Crippen LogP contribution in [0.2, 0.25) is 5.02 Å². The summed E-state index contributed by atoms with van der Waals surface area (Å²) in [5, 5.41) is 1.12. The molecule has 1 heterocycles. The maximum Gasteiger partial charge on any atom is 0.338 e. The van der Waals surface area contributed by atoms with E-state index in [4.69, 9.17) is 16.1 Å². The molecule has 2 N–H and O–H groups in total. The summed E-state index contributed by atoms with van der Waals surface area (Å²) < 4.78 is 17.4. The Labute approximate surface area is 217 Å². The largest absolute Gasteiger partial charge is 0.338 e. The van der Waals surface area contributed by atoms with Crippen LogP contribution in [0.15, 0.2) is 71.9 Å². The summed E-state index contributed by atoms with van der Waals surface area (Å²) in [5.41, 5.74) is 5.40. The molecule has 182 valence electrons. The van der Waals surface area contributed by atoms with E-state index in [0.29, 0.717) is 27.9 Å². The second-order valence-corrected chi connectivity index (χ2v) is 12.5. The minimum atomic E-state index is -3.81. The molecule has 0 aliphatic carbocycles. The highest BCUT2D eigenvalue weighted by molar-refractivity contribution is 8.13. The average Bonchev–Trinajstić information content (AvgIpc) is 3.27. The normalized spacial score (nSPS) is 13.1. The molecule has 0 saturated heterocycles. The van der Waals surface area contributed by atoms with E-state index in [1.54, 1.807) is 6.92 Å². The van der Waals surface area contributed by atoms with Crippen molar-refractivity contribution in [2.24, 2.45) is 0 Å². The van der Waals surface area contributed by atoms with Crippen LogP contribution in [0.4, 0.5) is 0 Å². The van der Waals surface area contributed by atoms with Gasteiger partial charge in [0.25, 0.3) is 0 Å². The SMILES string of the molecule is CCC(=O)SCCOP(=O)(O)CSc1nc2cc(-c3ccc(-c4ccccc4)cc3)c(Cl)cc2[nH]1. The van der Waals surface area contributed by atoms with Crippen molar-refractivity contribution in [3.05, 3.63) is 71.8 Å². The Morgan fingerprint density at radius 3 is 2.49 bits per heavy atom. The summed E-state index contributed by atoms with van der Waals surface area (Å²) in [7, 11) is -3.81. The first-order valence-electron chi connectivity index (χ1n) is 10.9. The molecule has 0 aliphatic rings. The van der Waals surface area contributed by atoms with Gasteiger partial charge in [0.2, 0.25) is 0 Å². The maximum absolute atomic E-state index is 12.3. The van der Waals surface area contributed by atoms with Gasteiger partial charge < -0.3 is 14.4 Å². The van der Waals surface area contributed by atoms with Gasteiger partial charge >= 0.3 is 7.60 Å². The minimum absolute atomic E-state index is 0.0307. The fourth-order valence-electron chi connectivity index (χ4n) is 3.39. The molecular formula is C25H24ClN2O4PS2. The Balaban J connectivity index is 1.43. The summed E-state index contributed by atoms with van der Waals surface area (Å²) in [4.78, 5) is 29.1. The fraction of sp³-hybridized carbons (Fsp3) is 0.200. The van der Waals surface area contributed by atoms with Gasteiger partial charge in [-0.25, -0.2) is 4.98 Å². The van der Waals surface area contributed by atoms with Crippen molar-refractivity contribution in [1.29, 1.82) is 0 Å². The van der Waals surface area contributed by atoms with E-state index >= 15 is 0 Å². The predicted octanol–water partition coefficient (Wildman–Crippen LogP) is 7.47. The molecule has 0 spiro atoms. The third-order valence-electron chi connectivity index (χ3n) is 5.14. The van der Waals surface area contributed by atoms with Gasteiger partial charge in [-0.2, -0.15) is 0 Å². The molecule has 1 atom stereocenters. The quantitative estimate of drug-likeness (QED) is 0.121. The van der Waals surface area contributed by atoms with Crippen molar-refractivity contribution >= 4 is 58.9 Å². The zero-order chi connectivity index (χ0) is 24.8. The predicted molar refractivity (Wildman–Crippen MR) is 146 cm³/mol. The molecule has 0 fully saturated rings. The molecule has 0 radical (unpaired) electrons. The molecule has 4 rings (SSSR count). The molecule has 4 aromatic rings. The van der Waals surface area contributed by atoms with Crippen molar-refractivity contribution in [2.45, 2.75) is 18.5 Å². The first-order valence-corrected chi connectivity index (χ1v) is 15.1. The molecule has 3 aromatic carbocycles. The lowest BCUT2D eigenvalue weighted by Gasteiger charge is -2.10. The molecule has 0 aliphatic heterocycles. The number of benzene rings is 3. The summed E-state index contributed by atoms with van der Waals surface area (Å²) in [6.07, 6.45) is 0.425. The number of nitrogens with one attached hydrogen (secondary N) is 1. The van der Waals surface area contributed by atoms with E-state index in [1.165, 1.54) is 0 Å². The number of nitrogens with zero attached hydrogens (tertiary/aromatic N) is 1. The Morgan fingerprint density at radius 2 is 1.77 bits per heavy atom. The van der Waals surface area contributed by atoms with E-state index in [2.05, 4.69) is 34.2 Å². The van der Waals surface area contributed by atoms with Gasteiger partial charge in [0, 0.05) is 17.7 Å². The Morgan fingerprint density at radius 1 is 1.09 bits per heavy atom. The van der Waals surface area contributed by atoms with Crippen LogP contribution in [0, 0.1) is 0 Å². The standard InChI is InChI=1S/C25H24ClN2O4PS2/c1-2-24(29)34-13-12-32-33(30,31)16-35-25-27-22-14-20(21(26)15-23(22)28-25)19-10-8-18(9-11-19)17-6-4-3-5-7-17/h3-11,14-15H,2,12-13,16H2,1H3,(H,27,28)(H,30,31). The lowest BCUT2D eigenvalue weighted by atomic mass is 10.00.